The van der Waals surface area contributed by atoms with Crippen LogP contribution < -0.4 is 5.46 Å². The summed E-state index contributed by atoms with van der Waals surface area (Å²) in [6, 6.07) is 5.26. The third kappa shape index (κ3) is 2.89. The second kappa shape index (κ2) is 5.11. The van der Waals surface area contributed by atoms with Crippen molar-refractivity contribution in [3.63, 3.8) is 0 Å². The van der Waals surface area contributed by atoms with E-state index in [-0.39, 0.29) is 5.75 Å². The Balaban J connectivity index is 2.35. The normalized spacial score (nSPS) is 20.8. The molecule has 0 saturated carbocycles. The van der Waals surface area contributed by atoms with Gasteiger partial charge in [-0.05, 0) is 51.7 Å². The first-order valence-corrected chi connectivity index (χ1v) is 8.84. The summed E-state index contributed by atoms with van der Waals surface area (Å²) >= 11 is 0. The molecular weight excluding hydrogens is 287 g/mol. The number of aryl methyl sites for hydroxylation is 1. The number of hydrogen-bond donors (Lipinski definition) is 0. The van der Waals surface area contributed by atoms with E-state index >= 15 is 0 Å². The van der Waals surface area contributed by atoms with Crippen LogP contribution >= 0.6 is 0 Å². The van der Waals surface area contributed by atoms with Gasteiger partial charge in [-0.15, -0.1) is 0 Å². The van der Waals surface area contributed by atoms with E-state index in [2.05, 4.69) is 0 Å². The smallest absolute Gasteiger partial charge is 0.399 e. The summed E-state index contributed by atoms with van der Waals surface area (Å²) in [5.41, 5.74) is 0.768. The molecule has 1 saturated heterocycles. The zero-order valence-electron chi connectivity index (χ0n) is 13.6. The van der Waals surface area contributed by atoms with Gasteiger partial charge >= 0.3 is 7.12 Å². The van der Waals surface area contributed by atoms with E-state index in [1.54, 1.807) is 26.0 Å². The van der Waals surface area contributed by atoms with Crippen molar-refractivity contribution < 1.29 is 17.7 Å². The van der Waals surface area contributed by atoms with Gasteiger partial charge in [0.1, 0.15) is 0 Å². The van der Waals surface area contributed by atoms with Crippen LogP contribution in [0.2, 0.25) is 0 Å². The fourth-order valence-electron chi connectivity index (χ4n) is 2.30. The molecule has 0 bridgehead atoms. The Labute approximate surface area is 127 Å². The zero-order valence-corrected chi connectivity index (χ0v) is 14.4. The lowest BCUT2D eigenvalue weighted by atomic mass is 9.78. The van der Waals surface area contributed by atoms with Gasteiger partial charge in [-0.3, -0.25) is 0 Å². The first kappa shape index (κ1) is 16.5. The molecule has 1 aromatic carbocycles. The van der Waals surface area contributed by atoms with Crippen LogP contribution in [-0.2, 0) is 19.1 Å². The molecule has 1 aromatic rings. The molecular formula is C15H23BO4S. The van der Waals surface area contributed by atoms with Crippen LogP contribution in [0.1, 0.15) is 40.2 Å². The molecule has 0 amide bonds. The summed E-state index contributed by atoms with van der Waals surface area (Å²) in [4.78, 5) is 0.380. The van der Waals surface area contributed by atoms with Crippen molar-refractivity contribution in [3.8, 4) is 0 Å². The van der Waals surface area contributed by atoms with Gasteiger partial charge in [0, 0.05) is 0 Å². The lowest BCUT2D eigenvalue weighted by Crippen LogP contribution is -2.41. The minimum Gasteiger partial charge on any atom is -0.399 e. The van der Waals surface area contributed by atoms with Crippen LogP contribution in [-0.4, -0.2) is 32.5 Å². The largest absolute Gasteiger partial charge is 0.494 e. The van der Waals surface area contributed by atoms with Crippen LogP contribution in [0.15, 0.2) is 23.1 Å². The average molecular weight is 310 g/mol. The molecule has 0 radical (unpaired) electrons. The SMILES string of the molecule is CCS(=O)(=O)c1ccc(B2OC(C)(C)C(C)(C)O2)cc1C. The third-order valence-electron chi connectivity index (χ3n) is 4.44. The predicted octanol–water partition coefficient (Wildman–Crippen LogP) is 2.09. The summed E-state index contributed by atoms with van der Waals surface area (Å²) in [7, 11) is -3.66. The molecule has 0 atom stereocenters. The monoisotopic (exact) mass is 310 g/mol. The van der Waals surface area contributed by atoms with E-state index in [0.29, 0.717) is 4.90 Å². The molecule has 6 heteroatoms. The highest BCUT2D eigenvalue weighted by Crippen LogP contribution is 2.36. The molecule has 4 nitrogen and oxygen atoms in total. The maximum absolute atomic E-state index is 12.0. The molecule has 116 valence electrons. The summed E-state index contributed by atoms with van der Waals surface area (Å²) < 4.78 is 36.0. The molecule has 1 aliphatic heterocycles. The molecule has 0 unspecified atom stereocenters. The van der Waals surface area contributed by atoms with Gasteiger partial charge in [0.05, 0.1) is 21.9 Å². The molecule has 21 heavy (non-hydrogen) atoms. The van der Waals surface area contributed by atoms with Crippen molar-refractivity contribution in [2.45, 2.75) is 57.6 Å². The van der Waals surface area contributed by atoms with Crippen molar-refractivity contribution in [1.82, 2.24) is 0 Å². The van der Waals surface area contributed by atoms with E-state index in [9.17, 15) is 8.42 Å². The highest BCUT2D eigenvalue weighted by molar-refractivity contribution is 7.91. The van der Waals surface area contributed by atoms with Crippen molar-refractivity contribution in [2.75, 3.05) is 5.75 Å². The lowest BCUT2D eigenvalue weighted by molar-refractivity contribution is 0.00578. The molecule has 2 rings (SSSR count). The van der Waals surface area contributed by atoms with Crippen LogP contribution in [0, 0.1) is 6.92 Å². The Morgan fingerprint density at radius 1 is 1.10 bits per heavy atom. The van der Waals surface area contributed by atoms with Crippen molar-refractivity contribution in [2.24, 2.45) is 0 Å². The fraction of sp³-hybridized carbons (Fsp3) is 0.600. The molecule has 0 N–H and O–H groups in total. The molecule has 1 heterocycles. The van der Waals surface area contributed by atoms with Crippen LogP contribution in [0.3, 0.4) is 0 Å². The van der Waals surface area contributed by atoms with Gasteiger partial charge < -0.3 is 9.31 Å². The van der Waals surface area contributed by atoms with Gasteiger partial charge in [-0.1, -0.05) is 19.1 Å². The lowest BCUT2D eigenvalue weighted by Gasteiger charge is -2.32. The van der Waals surface area contributed by atoms with Crippen molar-refractivity contribution in [3.05, 3.63) is 23.8 Å². The second-order valence-corrected chi connectivity index (χ2v) is 8.76. The minimum atomic E-state index is -3.20. The number of rotatable bonds is 3. The average Bonchev–Trinajstić information content (AvgIpc) is 2.58. The zero-order chi connectivity index (χ0) is 16.1. The van der Waals surface area contributed by atoms with Gasteiger partial charge in [0.2, 0.25) is 0 Å². The fourth-order valence-corrected chi connectivity index (χ4v) is 3.44. The maximum Gasteiger partial charge on any atom is 0.494 e. The Bertz CT molecular complexity index is 634. The van der Waals surface area contributed by atoms with E-state index in [1.165, 1.54) is 0 Å². The Kier molecular flexibility index (Phi) is 4.02. The first-order chi connectivity index (χ1) is 9.50. The predicted molar refractivity (Wildman–Crippen MR) is 84.6 cm³/mol. The standard InChI is InChI=1S/C15H23BO4S/c1-7-21(17,18)13-9-8-12(10-11(13)2)16-19-14(3,4)15(5,6)20-16/h8-10H,7H2,1-6H3. The summed E-state index contributed by atoms with van der Waals surface area (Å²) in [6.45, 7) is 11.4. The van der Waals surface area contributed by atoms with Gasteiger partial charge in [0.15, 0.2) is 9.84 Å². The van der Waals surface area contributed by atoms with Gasteiger partial charge in [-0.2, -0.15) is 0 Å². The quantitative estimate of drug-likeness (QED) is 0.802. The van der Waals surface area contributed by atoms with Crippen molar-refractivity contribution >= 4 is 22.4 Å². The van der Waals surface area contributed by atoms with E-state index in [0.717, 1.165) is 11.0 Å². The summed E-state index contributed by atoms with van der Waals surface area (Å²) in [5.74, 6) is 0.101. The molecule has 0 spiro atoms. The molecule has 0 aliphatic carbocycles. The Morgan fingerprint density at radius 3 is 2.05 bits per heavy atom. The highest BCUT2D eigenvalue weighted by atomic mass is 32.2. The molecule has 1 fully saturated rings. The second-order valence-electron chi connectivity index (χ2n) is 6.52. The van der Waals surface area contributed by atoms with Crippen LogP contribution in [0.4, 0.5) is 0 Å². The molecule has 0 aromatic heterocycles. The van der Waals surface area contributed by atoms with Crippen LogP contribution in [0.25, 0.3) is 0 Å². The number of sulfone groups is 1. The number of hydrogen-bond acceptors (Lipinski definition) is 4. The first-order valence-electron chi connectivity index (χ1n) is 7.19. The summed E-state index contributed by atoms with van der Waals surface area (Å²) in [5, 5.41) is 0. The van der Waals surface area contributed by atoms with Crippen LogP contribution in [0.5, 0.6) is 0 Å². The Hall–Kier alpha value is -0.845. The molecule has 1 aliphatic rings. The minimum absolute atomic E-state index is 0.101. The van der Waals surface area contributed by atoms with Gasteiger partial charge in [-0.25, -0.2) is 8.42 Å². The van der Waals surface area contributed by atoms with E-state index < -0.39 is 28.2 Å². The van der Waals surface area contributed by atoms with E-state index in [1.807, 2.05) is 33.8 Å². The maximum atomic E-state index is 12.0. The number of benzene rings is 1. The van der Waals surface area contributed by atoms with Crippen molar-refractivity contribution in [1.29, 1.82) is 0 Å². The Morgan fingerprint density at radius 2 is 1.62 bits per heavy atom. The highest BCUT2D eigenvalue weighted by Gasteiger charge is 2.51. The van der Waals surface area contributed by atoms with E-state index in [4.69, 9.17) is 9.31 Å². The summed E-state index contributed by atoms with van der Waals surface area (Å²) in [6.07, 6.45) is 0. The third-order valence-corrected chi connectivity index (χ3v) is 6.33. The topological polar surface area (TPSA) is 52.6 Å². The van der Waals surface area contributed by atoms with Gasteiger partial charge in [0.25, 0.3) is 0 Å².